The Kier molecular flexibility index (Phi) is 13.6. The number of phenols is 1. The molecule has 0 radical (unpaired) electrons. The number of aromatic hydroxyl groups is 1. The number of hydrogen-bond acceptors (Lipinski definition) is 6. The van der Waals surface area contributed by atoms with Crippen LogP contribution in [0.2, 0.25) is 0 Å². The van der Waals surface area contributed by atoms with Gasteiger partial charge in [-0.05, 0) is 131 Å². The van der Waals surface area contributed by atoms with Gasteiger partial charge in [0.2, 0.25) is 0 Å². The molecule has 2 heterocycles. The number of aryl methyl sites for hydroxylation is 3. The van der Waals surface area contributed by atoms with E-state index in [-0.39, 0.29) is 47.9 Å². The minimum atomic E-state index is -0.464. The quantitative estimate of drug-likeness (QED) is 0.110. The molecular formula is C52H58O6. The van der Waals surface area contributed by atoms with Gasteiger partial charge in [-0.3, -0.25) is 4.79 Å². The Morgan fingerprint density at radius 3 is 2.50 bits per heavy atom. The summed E-state index contributed by atoms with van der Waals surface area (Å²) in [6.07, 6.45) is 23.7. The molecule has 0 amide bonds. The van der Waals surface area contributed by atoms with Crippen molar-refractivity contribution >= 4 is 22.6 Å². The van der Waals surface area contributed by atoms with Crippen molar-refractivity contribution in [3.8, 4) is 29.3 Å². The van der Waals surface area contributed by atoms with Crippen LogP contribution in [0.25, 0.3) is 16.8 Å². The zero-order valence-corrected chi connectivity index (χ0v) is 34.4. The molecule has 6 nitrogen and oxygen atoms in total. The van der Waals surface area contributed by atoms with E-state index >= 15 is 0 Å². The van der Waals surface area contributed by atoms with Crippen molar-refractivity contribution in [2.75, 3.05) is 7.11 Å². The summed E-state index contributed by atoms with van der Waals surface area (Å²) < 4.78 is 18.4. The van der Waals surface area contributed by atoms with Crippen LogP contribution in [0.1, 0.15) is 116 Å². The van der Waals surface area contributed by atoms with E-state index in [1.165, 1.54) is 30.4 Å². The fourth-order valence-electron chi connectivity index (χ4n) is 9.01. The zero-order chi connectivity index (χ0) is 40.4. The maximum absolute atomic E-state index is 13.7. The first-order chi connectivity index (χ1) is 28.3. The molecule has 2 aliphatic carbocycles. The van der Waals surface area contributed by atoms with Crippen LogP contribution < -0.4 is 9.47 Å². The lowest BCUT2D eigenvalue weighted by Crippen LogP contribution is -2.24. The monoisotopic (exact) mass is 778 g/mol. The topological polar surface area (TPSA) is 85.2 Å². The number of benzene rings is 4. The summed E-state index contributed by atoms with van der Waals surface area (Å²) in [5, 5.41) is 24.0. The maximum atomic E-state index is 13.7. The van der Waals surface area contributed by atoms with Crippen molar-refractivity contribution in [2.24, 2.45) is 11.8 Å². The van der Waals surface area contributed by atoms with Crippen molar-refractivity contribution in [3.05, 3.63) is 130 Å². The fraction of sp³-hybridized carbons (Fsp3) is 0.404. The predicted octanol–water partition coefficient (Wildman–Crippen LogP) is 11.8. The second-order valence-electron chi connectivity index (χ2n) is 16.4. The van der Waals surface area contributed by atoms with Crippen LogP contribution in [0.15, 0.2) is 90.7 Å². The van der Waals surface area contributed by atoms with Crippen molar-refractivity contribution in [3.63, 3.8) is 0 Å². The minimum Gasteiger partial charge on any atom is -0.508 e. The van der Waals surface area contributed by atoms with E-state index < -0.39 is 6.10 Å². The second-order valence-corrected chi connectivity index (χ2v) is 16.4. The van der Waals surface area contributed by atoms with Crippen LogP contribution in [-0.2, 0) is 41.8 Å². The Morgan fingerprint density at radius 1 is 0.897 bits per heavy atom. The number of aliphatic hydroxyl groups is 1. The average Bonchev–Trinajstić information content (AvgIpc) is 3.22. The summed E-state index contributed by atoms with van der Waals surface area (Å²) >= 11 is 0. The lowest BCUT2D eigenvalue weighted by atomic mass is 9.80. The highest BCUT2D eigenvalue weighted by molar-refractivity contribution is 6.00. The van der Waals surface area contributed by atoms with Gasteiger partial charge in [0, 0.05) is 30.7 Å². The fourth-order valence-corrected chi connectivity index (χ4v) is 9.01. The predicted molar refractivity (Wildman–Crippen MR) is 233 cm³/mol. The average molecular weight is 779 g/mol. The lowest BCUT2D eigenvalue weighted by Gasteiger charge is -2.28. The molecule has 0 saturated carbocycles. The summed E-state index contributed by atoms with van der Waals surface area (Å²) in [5.74, 6) is 5.37. The minimum absolute atomic E-state index is 0.00238. The van der Waals surface area contributed by atoms with Gasteiger partial charge in [-0.2, -0.15) is 0 Å². The number of ketones is 1. The Morgan fingerprint density at radius 2 is 1.71 bits per heavy atom. The Balaban J connectivity index is 1.12. The summed E-state index contributed by atoms with van der Waals surface area (Å²) in [6.45, 7) is 4.72. The van der Waals surface area contributed by atoms with Crippen LogP contribution in [0.3, 0.4) is 0 Å². The zero-order valence-electron chi connectivity index (χ0n) is 34.4. The molecule has 4 aliphatic rings. The van der Waals surface area contributed by atoms with E-state index in [1.807, 2.05) is 30.3 Å². The number of allylic oxidation sites excluding steroid dienone is 4. The molecule has 302 valence electrons. The summed E-state index contributed by atoms with van der Waals surface area (Å²) in [6, 6.07) is 20.8. The molecule has 0 fully saturated rings. The van der Waals surface area contributed by atoms with E-state index in [9.17, 15) is 15.0 Å². The number of aliphatic hydroxyl groups excluding tert-OH is 1. The smallest absolute Gasteiger partial charge is 0.161 e. The number of ether oxygens (including phenoxy) is 3. The first-order valence-electron chi connectivity index (χ1n) is 21.4. The first kappa shape index (κ1) is 40.8. The number of methoxy groups -OCH3 is 1. The SMILES string of the molecule is CCCCCc1ccccc1CCCC[C@@H]1C=CC(O)=C[C@H]1C[C@H]1CC(=O)CCc2ccc(OC)c(c2)OCc2ccc3c(c(O)cc4c3c2C=C[C@H]4C)CC#CO1. The third-order valence-electron chi connectivity index (χ3n) is 12.3. The van der Waals surface area contributed by atoms with Gasteiger partial charge in [0.25, 0.3) is 0 Å². The van der Waals surface area contributed by atoms with Crippen molar-refractivity contribution in [1.82, 2.24) is 0 Å². The molecule has 58 heavy (non-hydrogen) atoms. The molecular weight excluding hydrogens is 721 g/mol. The van der Waals surface area contributed by atoms with Gasteiger partial charge >= 0.3 is 0 Å². The van der Waals surface area contributed by atoms with Gasteiger partial charge in [-0.1, -0.05) is 99.7 Å². The summed E-state index contributed by atoms with van der Waals surface area (Å²) in [7, 11) is 1.64. The number of hydrogen-bond donors (Lipinski definition) is 2. The highest BCUT2D eigenvalue weighted by Gasteiger charge is 2.27. The van der Waals surface area contributed by atoms with Crippen molar-refractivity contribution < 1.29 is 29.2 Å². The van der Waals surface area contributed by atoms with Gasteiger partial charge in [-0.15, -0.1) is 0 Å². The lowest BCUT2D eigenvalue weighted by molar-refractivity contribution is -0.121. The largest absolute Gasteiger partial charge is 0.508 e. The molecule has 4 aromatic rings. The Bertz CT molecular complexity index is 2250. The van der Waals surface area contributed by atoms with Gasteiger partial charge in [0.05, 0.1) is 7.11 Å². The molecule has 0 aromatic heterocycles. The number of phenolic OH excluding ortho intramolecular Hbond substituents is 1. The van der Waals surface area contributed by atoms with E-state index in [2.05, 4.69) is 80.5 Å². The molecule has 0 spiro atoms. The van der Waals surface area contributed by atoms with Crippen LogP contribution >= 0.6 is 0 Å². The van der Waals surface area contributed by atoms with Gasteiger partial charge < -0.3 is 24.4 Å². The number of rotatable bonds is 12. The third kappa shape index (κ3) is 9.81. The molecule has 8 rings (SSSR count). The number of unbranched alkanes of at least 4 members (excludes halogenated alkanes) is 3. The standard InChI is InChI=1S/C52H58O6/c1-4-5-6-12-37-13-7-8-14-38(37)15-9-10-16-39-21-24-42(53)30-41(39)31-44-32-43(54)23-19-36-20-27-50(56-3)51(29-36)58-34-40-22-26-47-46(17-11-28-57-44)49(55)33-48-35(2)18-25-45(40)52(47)48/h7-8,13-14,18,20-22,24-27,29-30,33,35,39,41,44,53,55H,4-6,9-10,12,15-17,19,23,31-32,34H2,1-3H3/t35-,39-,41+,44+/m1/s1. The highest BCUT2D eigenvalue weighted by Crippen LogP contribution is 2.42. The Hall–Kier alpha value is -5.41. The molecule has 4 aromatic carbocycles. The highest BCUT2D eigenvalue weighted by atomic mass is 16.5. The van der Waals surface area contributed by atoms with Gasteiger partial charge in [-0.25, -0.2) is 0 Å². The second kappa shape index (κ2) is 19.4. The molecule has 2 aliphatic heterocycles. The van der Waals surface area contributed by atoms with E-state index in [1.54, 1.807) is 13.2 Å². The van der Waals surface area contributed by atoms with Crippen LogP contribution in [0, 0.1) is 23.9 Å². The summed E-state index contributed by atoms with van der Waals surface area (Å²) in [4.78, 5) is 13.7. The van der Waals surface area contributed by atoms with Crippen LogP contribution in [0.5, 0.6) is 17.2 Å². The number of carbonyl (C=O) groups excluding carboxylic acids is 1. The molecule has 6 heteroatoms. The number of fused-ring (bicyclic) bond motifs is 9. The Labute approximate surface area is 344 Å². The normalized spacial score (nSPS) is 20.3. The van der Waals surface area contributed by atoms with E-state index in [4.69, 9.17) is 14.2 Å². The molecule has 0 saturated heterocycles. The van der Waals surface area contributed by atoms with E-state index in [0.29, 0.717) is 37.4 Å². The molecule has 2 N–H and O–H groups in total. The maximum Gasteiger partial charge on any atom is 0.161 e. The van der Waals surface area contributed by atoms with Crippen LogP contribution in [-0.4, -0.2) is 29.2 Å². The molecule has 4 atom stereocenters. The van der Waals surface area contributed by atoms with Crippen molar-refractivity contribution in [2.45, 2.75) is 116 Å². The van der Waals surface area contributed by atoms with Gasteiger partial charge in [0.1, 0.15) is 36.1 Å². The third-order valence-corrected chi connectivity index (χ3v) is 12.3. The van der Waals surface area contributed by atoms with Gasteiger partial charge in [0.15, 0.2) is 11.5 Å². The first-order valence-corrected chi connectivity index (χ1v) is 21.4. The molecule has 6 bridgehead atoms. The molecule has 0 unspecified atom stereocenters. The van der Waals surface area contributed by atoms with E-state index in [0.717, 1.165) is 70.7 Å². The van der Waals surface area contributed by atoms with Crippen LogP contribution in [0.4, 0.5) is 0 Å². The summed E-state index contributed by atoms with van der Waals surface area (Å²) in [5.41, 5.74) is 7.86. The number of carbonyl (C=O) groups is 1. The van der Waals surface area contributed by atoms with Crippen molar-refractivity contribution in [1.29, 1.82) is 0 Å². The number of Topliss-reactive ketones (excluding diaryl/α,β-unsaturated/α-hetero) is 1.